The fourth-order valence-electron chi connectivity index (χ4n) is 3.75. The summed E-state index contributed by atoms with van der Waals surface area (Å²) >= 11 is 1.45. The van der Waals surface area contributed by atoms with Crippen molar-refractivity contribution >= 4 is 29.7 Å². The zero-order valence-electron chi connectivity index (χ0n) is 20.4. The molecule has 4 rings (SSSR count). The van der Waals surface area contributed by atoms with Crippen LogP contribution in [0.3, 0.4) is 0 Å². The maximum absolute atomic E-state index is 12.9. The zero-order valence-corrected chi connectivity index (χ0v) is 21.2. The van der Waals surface area contributed by atoms with E-state index >= 15 is 0 Å². The van der Waals surface area contributed by atoms with Gasteiger partial charge in [-0.3, -0.25) is 0 Å². The molecule has 0 aliphatic carbocycles. The van der Waals surface area contributed by atoms with E-state index in [0.29, 0.717) is 22.4 Å². The number of ether oxygens (including phenoxy) is 3. The van der Waals surface area contributed by atoms with E-state index in [9.17, 15) is 14.4 Å². The number of esters is 3. The Morgan fingerprint density at radius 3 is 1.56 bits per heavy atom. The van der Waals surface area contributed by atoms with Crippen molar-refractivity contribution in [3.05, 3.63) is 106 Å². The number of hydrogen-bond donors (Lipinski definition) is 0. The molecule has 0 bridgehead atoms. The Hall–Kier alpha value is -3.58. The highest BCUT2D eigenvalue weighted by Gasteiger charge is 2.43. The SMILES string of the molecule is Cc1ccc(C(=O)OC[C@@H]2SC[C@@H](OC(=O)c3ccc(C)cc3)[C@@H]2OC(=O)c2ccc(C)cc2)cc1. The van der Waals surface area contributed by atoms with Crippen molar-refractivity contribution in [3.8, 4) is 0 Å². The maximum atomic E-state index is 12.9. The molecule has 0 spiro atoms. The normalized spacial score (nSPS) is 18.9. The van der Waals surface area contributed by atoms with Crippen LogP contribution in [0.1, 0.15) is 47.8 Å². The van der Waals surface area contributed by atoms with Crippen LogP contribution in [0.2, 0.25) is 0 Å². The molecule has 0 N–H and O–H groups in total. The molecule has 0 radical (unpaired) electrons. The smallest absolute Gasteiger partial charge is 0.338 e. The Morgan fingerprint density at radius 2 is 1.08 bits per heavy atom. The molecule has 1 heterocycles. The minimum atomic E-state index is -0.774. The molecule has 0 aromatic heterocycles. The molecular weight excluding hydrogens is 476 g/mol. The van der Waals surface area contributed by atoms with Gasteiger partial charge >= 0.3 is 17.9 Å². The minimum absolute atomic E-state index is 0.0157. The second-order valence-corrected chi connectivity index (χ2v) is 10.2. The molecule has 3 atom stereocenters. The second-order valence-electron chi connectivity index (χ2n) is 8.88. The number of carbonyl (C=O) groups excluding carboxylic acids is 3. The summed E-state index contributed by atoms with van der Waals surface area (Å²) in [5, 5.41) is -0.385. The van der Waals surface area contributed by atoms with Gasteiger partial charge in [0.1, 0.15) is 12.7 Å². The zero-order chi connectivity index (χ0) is 25.7. The predicted molar refractivity (Wildman–Crippen MR) is 138 cm³/mol. The van der Waals surface area contributed by atoms with Gasteiger partial charge in [-0.25, -0.2) is 14.4 Å². The molecule has 0 amide bonds. The van der Waals surface area contributed by atoms with Crippen molar-refractivity contribution in [1.82, 2.24) is 0 Å². The van der Waals surface area contributed by atoms with E-state index < -0.39 is 30.1 Å². The van der Waals surface area contributed by atoms with Gasteiger partial charge in [0.15, 0.2) is 6.10 Å². The van der Waals surface area contributed by atoms with Crippen LogP contribution in [0.5, 0.6) is 0 Å². The summed E-state index contributed by atoms with van der Waals surface area (Å²) in [7, 11) is 0. The summed E-state index contributed by atoms with van der Waals surface area (Å²) in [5.74, 6) is -1.06. The molecule has 0 saturated carbocycles. The van der Waals surface area contributed by atoms with Crippen molar-refractivity contribution in [3.63, 3.8) is 0 Å². The molecule has 36 heavy (non-hydrogen) atoms. The van der Waals surface area contributed by atoms with Gasteiger partial charge in [0.25, 0.3) is 0 Å². The minimum Gasteiger partial charge on any atom is -0.461 e. The highest BCUT2D eigenvalue weighted by atomic mass is 32.2. The van der Waals surface area contributed by atoms with Crippen molar-refractivity contribution in [2.75, 3.05) is 12.4 Å². The Kier molecular flexibility index (Phi) is 8.10. The summed E-state index contributed by atoms with van der Waals surface area (Å²) in [6, 6.07) is 21.2. The fourth-order valence-corrected chi connectivity index (χ4v) is 5.03. The molecule has 3 aromatic rings. The first-order valence-electron chi connectivity index (χ1n) is 11.7. The molecule has 6 nitrogen and oxygen atoms in total. The van der Waals surface area contributed by atoms with Crippen molar-refractivity contribution in [2.45, 2.75) is 38.2 Å². The third kappa shape index (κ3) is 6.34. The topological polar surface area (TPSA) is 78.9 Å². The summed E-state index contributed by atoms with van der Waals surface area (Å²) in [5.41, 5.74) is 4.36. The Morgan fingerprint density at radius 1 is 0.667 bits per heavy atom. The average molecular weight is 505 g/mol. The van der Waals surface area contributed by atoms with Crippen LogP contribution in [0.15, 0.2) is 72.8 Å². The van der Waals surface area contributed by atoms with E-state index in [1.165, 1.54) is 11.8 Å². The quantitative estimate of drug-likeness (QED) is 0.318. The van der Waals surface area contributed by atoms with Crippen molar-refractivity contribution in [1.29, 1.82) is 0 Å². The van der Waals surface area contributed by atoms with Crippen LogP contribution in [0.25, 0.3) is 0 Å². The summed E-state index contributed by atoms with van der Waals surface area (Å²) in [6.45, 7) is 5.82. The number of thioether (sulfide) groups is 1. The van der Waals surface area contributed by atoms with Gasteiger partial charge in [-0.1, -0.05) is 53.1 Å². The number of carbonyl (C=O) groups is 3. The maximum Gasteiger partial charge on any atom is 0.338 e. The molecule has 1 aliphatic heterocycles. The molecule has 0 unspecified atom stereocenters. The van der Waals surface area contributed by atoms with Crippen molar-refractivity contribution in [2.24, 2.45) is 0 Å². The van der Waals surface area contributed by atoms with Gasteiger partial charge in [0, 0.05) is 5.75 Å². The summed E-state index contributed by atoms with van der Waals surface area (Å²) in [4.78, 5) is 38.2. The van der Waals surface area contributed by atoms with Gasteiger partial charge in [-0.15, -0.1) is 11.8 Å². The molecular formula is C29H28O6S. The lowest BCUT2D eigenvalue weighted by Gasteiger charge is -2.24. The lowest BCUT2D eigenvalue weighted by molar-refractivity contribution is -0.0295. The largest absolute Gasteiger partial charge is 0.461 e. The highest BCUT2D eigenvalue weighted by molar-refractivity contribution is 8.00. The first kappa shape index (κ1) is 25.5. The molecule has 3 aromatic carbocycles. The fraction of sp³-hybridized carbons (Fsp3) is 0.276. The van der Waals surface area contributed by atoms with Crippen LogP contribution in [0.4, 0.5) is 0 Å². The monoisotopic (exact) mass is 504 g/mol. The van der Waals surface area contributed by atoms with Crippen LogP contribution in [-0.2, 0) is 14.2 Å². The van der Waals surface area contributed by atoms with Crippen molar-refractivity contribution < 1.29 is 28.6 Å². The number of rotatable bonds is 7. The Bertz CT molecular complexity index is 1220. The van der Waals surface area contributed by atoms with Gasteiger partial charge in [-0.05, 0) is 57.2 Å². The van der Waals surface area contributed by atoms with Gasteiger partial charge in [-0.2, -0.15) is 0 Å². The molecule has 7 heteroatoms. The third-order valence-corrected chi connectivity index (χ3v) is 7.30. The first-order chi connectivity index (χ1) is 17.3. The van der Waals surface area contributed by atoms with E-state index in [-0.39, 0.29) is 11.9 Å². The van der Waals surface area contributed by atoms with E-state index in [1.807, 2.05) is 57.2 Å². The van der Waals surface area contributed by atoms with Gasteiger partial charge in [0.05, 0.1) is 21.9 Å². The van der Waals surface area contributed by atoms with E-state index in [4.69, 9.17) is 14.2 Å². The summed E-state index contributed by atoms with van der Waals surface area (Å²) in [6.07, 6.45) is -1.45. The third-order valence-electron chi connectivity index (χ3n) is 5.95. The van der Waals surface area contributed by atoms with Crippen LogP contribution < -0.4 is 0 Å². The standard InChI is InChI=1S/C29H28O6S/c1-18-4-10-21(11-5-18)27(30)33-16-25-26(35-29(32)23-14-8-20(3)9-15-23)24(17-36-25)34-28(31)22-12-6-19(2)7-13-22/h4-15,24-26H,16-17H2,1-3H3/t24-,25+,26+/m1/s1. The van der Waals surface area contributed by atoms with Crippen LogP contribution in [-0.4, -0.2) is 47.7 Å². The van der Waals surface area contributed by atoms with Crippen LogP contribution >= 0.6 is 11.8 Å². The number of hydrogen-bond acceptors (Lipinski definition) is 7. The lowest BCUT2D eigenvalue weighted by atomic mass is 10.1. The molecule has 1 aliphatic rings. The lowest BCUT2D eigenvalue weighted by Crippen LogP contribution is -2.39. The van der Waals surface area contributed by atoms with E-state index in [2.05, 4.69) is 0 Å². The predicted octanol–water partition coefficient (Wildman–Crippen LogP) is 5.34. The highest BCUT2D eigenvalue weighted by Crippen LogP contribution is 2.33. The Labute approximate surface area is 215 Å². The average Bonchev–Trinajstić information content (AvgIpc) is 3.24. The van der Waals surface area contributed by atoms with Crippen LogP contribution in [0, 0.1) is 20.8 Å². The summed E-state index contributed by atoms with van der Waals surface area (Å²) < 4.78 is 17.2. The second kappa shape index (κ2) is 11.4. The number of benzene rings is 3. The van der Waals surface area contributed by atoms with E-state index in [1.54, 1.807) is 36.4 Å². The Balaban J connectivity index is 1.47. The van der Waals surface area contributed by atoms with E-state index in [0.717, 1.165) is 16.7 Å². The van der Waals surface area contributed by atoms with Gasteiger partial charge in [0.2, 0.25) is 0 Å². The molecule has 1 fully saturated rings. The molecule has 1 saturated heterocycles. The number of aryl methyl sites for hydroxylation is 3. The van der Waals surface area contributed by atoms with Gasteiger partial charge < -0.3 is 14.2 Å². The first-order valence-corrected chi connectivity index (χ1v) is 12.8. The molecule has 186 valence electrons.